The summed E-state index contributed by atoms with van der Waals surface area (Å²) in [5, 5.41) is 3.26. The molecule has 0 bridgehead atoms. The maximum absolute atomic E-state index is 12.6. The second-order valence-electron chi connectivity index (χ2n) is 6.25. The van der Waals surface area contributed by atoms with E-state index in [4.69, 9.17) is 11.6 Å². The van der Waals surface area contributed by atoms with Crippen LogP contribution in [0.5, 0.6) is 0 Å². The van der Waals surface area contributed by atoms with Crippen LogP contribution in [0.15, 0.2) is 54.6 Å². The van der Waals surface area contributed by atoms with Crippen LogP contribution >= 0.6 is 11.6 Å². The zero-order valence-corrected chi connectivity index (χ0v) is 15.6. The number of anilines is 1. The molecule has 4 nitrogen and oxygen atoms in total. The van der Waals surface area contributed by atoms with Gasteiger partial charge < -0.3 is 9.88 Å². The van der Waals surface area contributed by atoms with E-state index in [2.05, 4.69) is 5.32 Å². The average molecular weight is 367 g/mol. The van der Waals surface area contributed by atoms with Crippen molar-refractivity contribution in [3.63, 3.8) is 0 Å². The first kappa shape index (κ1) is 18.0. The van der Waals surface area contributed by atoms with E-state index in [1.54, 1.807) is 24.3 Å². The predicted molar refractivity (Wildman–Crippen MR) is 104 cm³/mol. The summed E-state index contributed by atoms with van der Waals surface area (Å²) < 4.78 is 1.91. The van der Waals surface area contributed by atoms with Crippen molar-refractivity contribution >= 4 is 29.0 Å². The maximum atomic E-state index is 12.6. The first-order valence-electron chi connectivity index (χ1n) is 8.24. The summed E-state index contributed by atoms with van der Waals surface area (Å²) in [5.74, 6) is -1.22. The van der Waals surface area contributed by atoms with Crippen molar-refractivity contribution in [2.75, 3.05) is 5.32 Å². The minimum atomic E-state index is -0.653. The number of carbonyl (C=O) groups excluding carboxylic acids is 2. The van der Waals surface area contributed by atoms with Gasteiger partial charge in [0.15, 0.2) is 0 Å². The van der Waals surface area contributed by atoms with E-state index in [9.17, 15) is 9.59 Å². The molecular weight excluding hydrogens is 348 g/mol. The van der Waals surface area contributed by atoms with Gasteiger partial charge in [0, 0.05) is 33.3 Å². The van der Waals surface area contributed by atoms with Crippen molar-refractivity contribution in [3.8, 4) is 5.69 Å². The van der Waals surface area contributed by atoms with Crippen molar-refractivity contribution in [1.82, 2.24) is 4.57 Å². The van der Waals surface area contributed by atoms with Crippen LogP contribution in [0.2, 0.25) is 5.02 Å². The van der Waals surface area contributed by atoms with Gasteiger partial charge in [-0.15, -0.1) is 0 Å². The van der Waals surface area contributed by atoms with Crippen LogP contribution in [0.1, 0.15) is 27.3 Å². The Balaban J connectivity index is 1.89. The second-order valence-corrected chi connectivity index (χ2v) is 6.69. The van der Waals surface area contributed by atoms with Crippen LogP contribution in [0, 0.1) is 20.8 Å². The van der Waals surface area contributed by atoms with Gasteiger partial charge in [-0.05, 0) is 57.2 Å². The van der Waals surface area contributed by atoms with Gasteiger partial charge in [0.05, 0.1) is 0 Å². The second kappa shape index (κ2) is 7.18. The molecule has 3 aromatic rings. The fourth-order valence-corrected chi connectivity index (χ4v) is 3.14. The molecule has 3 rings (SSSR count). The molecule has 0 aliphatic rings. The number of benzene rings is 2. The van der Waals surface area contributed by atoms with Crippen LogP contribution in [-0.4, -0.2) is 16.3 Å². The standard InChI is InChI=1S/C21H19ClN2O2/c1-13-7-9-17(10-8-13)23-21(26)20(25)19-11-14(2)24(15(19)3)18-6-4-5-16(22)12-18/h4-12H,1-3H3,(H,23,26). The number of nitrogens with one attached hydrogen (secondary N) is 1. The molecular formula is C21H19ClN2O2. The molecule has 1 N–H and O–H groups in total. The maximum Gasteiger partial charge on any atom is 0.296 e. The Morgan fingerprint density at radius 2 is 1.65 bits per heavy atom. The van der Waals surface area contributed by atoms with E-state index in [1.165, 1.54) is 0 Å². The molecule has 2 aromatic carbocycles. The minimum Gasteiger partial charge on any atom is -0.319 e. The van der Waals surface area contributed by atoms with Crippen molar-refractivity contribution in [2.45, 2.75) is 20.8 Å². The van der Waals surface area contributed by atoms with Gasteiger partial charge in [-0.2, -0.15) is 0 Å². The number of ketones is 1. The molecule has 0 aliphatic heterocycles. The number of carbonyl (C=O) groups is 2. The van der Waals surface area contributed by atoms with Crippen LogP contribution in [-0.2, 0) is 4.79 Å². The summed E-state index contributed by atoms with van der Waals surface area (Å²) in [7, 11) is 0. The van der Waals surface area contributed by atoms with Gasteiger partial charge in [-0.1, -0.05) is 35.4 Å². The number of aromatic nitrogens is 1. The molecule has 0 saturated carbocycles. The molecule has 1 amide bonds. The van der Waals surface area contributed by atoms with Crippen molar-refractivity contribution in [3.05, 3.63) is 82.1 Å². The highest BCUT2D eigenvalue weighted by Crippen LogP contribution is 2.23. The lowest BCUT2D eigenvalue weighted by atomic mass is 10.1. The lowest BCUT2D eigenvalue weighted by molar-refractivity contribution is -0.112. The normalized spacial score (nSPS) is 10.6. The number of halogens is 1. The molecule has 1 heterocycles. The zero-order chi connectivity index (χ0) is 18.8. The van der Waals surface area contributed by atoms with Gasteiger partial charge in [0.2, 0.25) is 0 Å². The highest BCUT2D eigenvalue weighted by Gasteiger charge is 2.22. The Bertz CT molecular complexity index is 988. The van der Waals surface area contributed by atoms with Crippen LogP contribution in [0.3, 0.4) is 0 Å². The van der Waals surface area contributed by atoms with E-state index in [0.717, 1.165) is 16.9 Å². The molecule has 0 atom stereocenters. The lowest BCUT2D eigenvalue weighted by Gasteiger charge is -2.10. The Morgan fingerprint density at radius 3 is 2.31 bits per heavy atom. The summed E-state index contributed by atoms with van der Waals surface area (Å²) in [6, 6.07) is 16.4. The van der Waals surface area contributed by atoms with E-state index in [0.29, 0.717) is 22.0 Å². The first-order chi connectivity index (χ1) is 12.4. The largest absolute Gasteiger partial charge is 0.319 e. The SMILES string of the molecule is Cc1ccc(NC(=O)C(=O)c2cc(C)n(-c3cccc(Cl)c3)c2C)cc1. The molecule has 1 aromatic heterocycles. The van der Waals surface area contributed by atoms with E-state index in [-0.39, 0.29) is 0 Å². The molecule has 0 spiro atoms. The smallest absolute Gasteiger partial charge is 0.296 e. The summed E-state index contributed by atoms with van der Waals surface area (Å²) in [5.41, 5.74) is 4.47. The van der Waals surface area contributed by atoms with Crippen molar-refractivity contribution < 1.29 is 9.59 Å². The third kappa shape index (κ3) is 3.55. The van der Waals surface area contributed by atoms with Crippen LogP contribution in [0.4, 0.5) is 5.69 Å². The number of amides is 1. The molecule has 132 valence electrons. The molecule has 26 heavy (non-hydrogen) atoms. The monoisotopic (exact) mass is 366 g/mol. The predicted octanol–water partition coefficient (Wildman–Crippen LogP) is 4.88. The van der Waals surface area contributed by atoms with E-state index >= 15 is 0 Å². The molecule has 0 unspecified atom stereocenters. The van der Waals surface area contributed by atoms with Gasteiger partial charge in [-0.25, -0.2) is 0 Å². The lowest BCUT2D eigenvalue weighted by Crippen LogP contribution is -2.23. The van der Waals surface area contributed by atoms with Crippen LogP contribution < -0.4 is 5.32 Å². The summed E-state index contributed by atoms with van der Waals surface area (Å²) in [6.07, 6.45) is 0. The van der Waals surface area contributed by atoms with E-state index < -0.39 is 11.7 Å². The third-order valence-corrected chi connectivity index (χ3v) is 4.49. The number of hydrogen-bond donors (Lipinski definition) is 1. The molecule has 5 heteroatoms. The summed E-state index contributed by atoms with van der Waals surface area (Å²) in [6.45, 7) is 5.67. The Kier molecular flexibility index (Phi) is 4.96. The quantitative estimate of drug-likeness (QED) is 0.528. The molecule has 0 fully saturated rings. The van der Waals surface area contributed by atoms with Gasteiger partial charge in [-0.3, -0.25) is 9.59 Å². The van der Waals surface area contributed by atoms with E-state index in [1.807, 2.05) is 55.7 Å². The van der Waals surface area contributed by atoms with Crippen molar-refractivity contribution in [2.24, 2.45) is 0 Å². The van der Waals surface area contributed by atoms with Gasteiger partial charge in [0.1, 0.15) is 0 Å². The fraction of sp³-hybridized carbons (Fsp3) is 0.143. The molecule has 0 saturated heterocycles. The molecule has 0 aliphatic carbocycles. The number of hydrogen-bond acceptors (Lipinski definition) is 2. The van der Waals surface area contributed by atoms with Crippen molar-refractivity contribution in [1.29, 1.82) is 0 Å². The average Bonchev–Trinajstić information content (AvgIpc) is 2.90. The van der Waals surface area contributed by atoms with Gasteiger partial charge in [0.25, 0.3) is 11.7 Å². The topological polar surface area (TPSA) is 51.1 Å². The number of Topliss-reactive ketones (excluding diaryl/α,β-unsaturated/α-hetero) is 1. The van der Waals surface area contributed by atoms with Gasteiger partial charge >= 0.3 is 0 Å². The third-order valence-electron chi connectivity index (χ3n) is 4.26. The minimum absolute atomic E-state index is 0.382. The fourth-order valence-electron chi connectivity index (χ4n) is 2.95. The Hall–Kier alpha value is -2.85. The summed E-state index contributed by atoms with van der Waals surface area (Å²) >= 11 is 6.08. The number of nitrogens with zero attached hydrogens (tertiary/aromatic N) is 1. The number of aryl methyl sites for hydroxylation is 2. The first-order valence-corrected chi connectivity index (χ1v) is 8.62. The Labute approximate surface area is 157 Å². The highest BCUT2D eigenvalue weighted by molar-refractivity contribution is 6.46. The van der Waals surface area contributed by atoms with Crippen LogP contribution in [0.25, 0.3) is 5.69 Å². The number of rotatable bonds is 4. The highest BCUT2D eigenvalue weighted by atomic mass is 35.5. The molecule has 0 radical (unpaired) electrons. The zero-order valence-electron chi connectivity index (χ0n) is 14.8. The summed E-state index contributed by atoms with van der Waals surface area (Å²) in [4.78, 5) is 25.0. The Morgan fingerprint density at radius 1 is 0.962 bits per heavy atom.